The van der Waals surface area contributed by atoms with Crippen LogP contribution in [0.3, 0.4) is 0 Å². The number of aliphatic hydroxyl groups excluding tert-OH is 10. The van der Waals surface area contributed by atoms with Crippen LogP contribution in [0.15, 0.2) is 0 Å². The van der Waals surface area contributed by atoms with Crippen LogP contribution in [-0.2, 0) is 111 Å². The van der Waals surface area contributed by atoms with Crippen LogP contribution < -0.4 is 5.32 Å². The van der Waals surface area contributed by atoms with E-state index in [4.69, 9.17) is 88.3 Å². The number of carbonyl (C=O) groups is 1. The van der Waals surface area contributed by atoms with E-state index in [1.54, 1.807) is 13.8 Å². The zero-order chi connectivity index (χ0) is 82.1. The summed E-state index contributed by atoms with van der Waals surface area (Å²) in [7, 11) is -18.5. The highest BCUT2D eigenvalue weighted by atomic mass is 31.2. The molecule has 1 saturated carbocycles. The van der Waals surface area contributed by atoms with Crippen LogP contribution >= 0.6 is 31.3 Å². The van der Waals surface area contributed by atoms with E-state index in [0.717, 1.165) is 0 Å². The third kappa shape index (κ3) is 45.3. The first-order valence-corrected chi connectivity index (χ1v) is 44.8. The average Bonchev–Trinajstić information content (AvgIpc) is 0.821. The summed E-state index contributed by atoms with van der Waals surface area (Å²) in [6, 6.07) is -0.876. The molecular formula is C68H135NO38P4. The van der Waals surface area contributed by atoms with Crippen LogP contribution in [0, 0.1) is 29.1 Å². The van der Waals surface area contributed by atoms with Gasteiger partial charge < -0.3 is 128 Å². The first kappa shape index (κ1) is 104. The lowest BCUT2D eigenvalue weighted by molar-refractivity contribution is -0.282. The largest absolute Gasteiger partial charge is 0.472 e. The molecule has 2 saturated heterocycles. The van der Waals surface area contributed by atoms with E-state index in [1.807, 2.05) is 13.8 Å². The van der Waals surface area contributed by atoms with E-state index in [-0.39, 0.29) is 183 Å². The second-order valence-corrected chi connectivity index (χ2v) is 34.2. The molecule has 2 heterocycles. The van der Waals surface area contributed by atoms with Crippen LogP contribution in [0.2, 0.25) is 0 Å². The number of hydrogen-bond donors (Lipinski definition) is 15. The highest BCUT2D eigenvalue weighted by Gasteiger charge is 2.46. The fourth-order valence-corrected chi connectivity index (χ4v) is 15.0. The van der Waals surface area contributed by atoms with E-state index in [0.29, 0.717) is 96.7 Å². The Labute approximate surface area is 652 Å². The number of amides is 1. The summed E-state index contributed by atoms with van der Waals surface area (Å²) < 4.78 is 158. The van der Waals surface area contributed by atoms with Gasteiger partial charge in [-0.1, -0.05) is 52.4 Å². The summed E-state index contributed by atoms with van der Waals surface area (Å²) in [5, 5.41) is 103. The number of ether oxygens (including phenoxy) is 11. The summed E-state index contributed by atoms with van der Waals surface area (Å²) in [4.78, 5) is 54.2. The number of aliphatic hydroxyl groups is 10. The molecule has 0 radical (unpaired) electrons. The smallest absolute Gasteiger partial charge is 0.396 e. The van der Waals surface area contributed by atoms with Gasteiger partial charge in [-0.15, -0.1) is 0 Å². The Balaban J connectivity index is 1.61. The standard InChI is InChI=1S/C68H135NO38P4/c1-50(2)94-31-18-23-89-44-54(40-70)45-90-24-19-35-104-111(87,88)105-49-68(47-92-26-21-37-102-109(83,84)99-33-16-10-7-13-29-96-66-51(3)60(75)63(78)57(42-72)106-66,48-93-27-22-38-103-110(85,86)100-34-17-11-8-14-30-97-67-52(4)61(76)64(79)58(43-73)107-67)46-91-25-20-36-101-108(81,82)98-32-15-9-6-12-28-95-56-39-55(41-71)62(77)65(80)59(56)69-53(5)74/h50-52,54-67,70-73,75-80H,6-49H2,1-5H3,(H,69,74)(H,81,82)(H,83,84)(H,85,86)(H,87,88)/t51?,52?,54?,55?,56-,57?,58?,59?,60-,61-,62+,63+,64+,65-,66-,67-,68?/m1/s1. The summed E-state index contributed by atoms with van der Waals surface area (Å²) in [5.41, 5.74) is -1.48. The summed E-state index contributed by atoms with van der Waals surface area (Å²) >= 11 is 0. The molecule has 1 aliphatic carbocycles. The minimum absolute atomic E-state index is 0.0183. The Hall–Kier alpha value is -0.930. The molecule has 1 amide bonds. The molecule has 111 heavy (non-hydrogen) atoms. The van der Waals surface area contributed by atoms with Gasteiger partial charge in [-0.05, 0) is 90.9 Å². The van der Waals surface area contributed by atoms with Crippen molar-refractivity contribution in [3.8, 4) is 0 Å². The minimum Gasteiger partial charge on any atom is -0.396 e. The Kier molecular flexibility index (Phi) is 55.3. The van der Waals surface area contributed by atoms with Crippen LogP contribution in [0.1, 0.15) is 150 Å². The molecule has 2 aliphatic heterocycles. The molecular weight excluding hydrogens is 1560 g/mol. The van der Waals surface area contributed by atoms with Crippen LogP contribution in [-0.4, -0.2) is 328 Å². The third-order valence-electron chi connectivity index (χ3n) is 18.2. The van der Waals surface area contributed by atoms with Crippen LogP contribution in [0.25, 0.3) is 0 Å². The van der Waals surface area contributed by atoms with E-state index in [2.05, 4.69) is 5.32 Å². The van der Waals surface area contributed by atoms with Gasteiger partial charge in [0, 0.05) is 96.7 Å². The molecule has 0 bridgehead atoms. The van der Waals surface area contributed by atoms with E-state index in [9.17, 15) is 93.7 Å². The number of carbonyl (C=O) groups excluding carboxylic acids is 1. The molecule has 3 rings (SSSR count). The van der Waals surface area contributed by atoms with Crippen molar-refractivity contribution in [2.45, 2.75) is 230 Å². The number of hydrogen-bond acceptors (Lipinski definition) is 34. The first-order chi connectivity index (χ1) is 52.8. The summed E-state index contributed by atoms with van der Waals surface area (Å²) in [6.07, 6.45) is -3.99. The second kappa shape index (κ2) is 58.9. The lowest BCUT2D eigenvalue weighted by Crippen LogP contribution is -2.61. The fraction of sp³-hybridized carbons (Fsp3) is 0.985. The number of rotatable bonds is 70. The molecule has 0 aromatic carbocycles. The van der Waals surface area contributed by atoms with Crippen molar-refractivity contribution in [1.29, 1.82) is 0 Å². The van der Waals surface area contributed by atoms with Gasteiger partial charge in [0.15, 0.2) is 12.6 Å². The van der Waals surface area contributed by atoms with E-state index >= 15 is 0 Å². The lowest BCUT2D eigenvalue weighted by atomic mass is 9.79. The van der Waals surface area contributed by atoms with Gasteiger partial charge in [-0.3, -0.25) is 41.0 Å². The van der Waals surface area contributed by atoms with Gasteiger partial charge >= 0.3 is 31.3 Å². The first-order valence-electron chi connectivity index (χ1n) is 38.8. The topological polar surface area (TPSA) is 556 Å². The highest BCUT2D eigenvalue weighted by Crippen LogP contribution is 2.47. The quantitative estimate of drug-likeness (QED) is 0.0307. The van der Waals surface area contributed by atoms with Crippen LogP contribution in [0.4, 0.5) is 0 Å². The zero-order valence-electron chi connectivity index (χ0n) is 65.3. The van der Waals surface area contributed by atoms with Crippen LogP contribution in [0.5, 0.6) is 0 Å². The summed E-state index contributed by atoms with van der Waals surface area (Å²) in [5.74, 6) is -2.48. The van der Waals surface area contributed by atoms with Gasteiger partial charge in [-0.2, -0.15) is 0 Å². The molecule has 39 nitrogen and oxygen atoms in total. The predicted molar refractivity (Wildman–Crippen MR) is 394 cm³/mol. The van der Waals surface area contributed by atoms with Gasteiger partial charge in [0.1, 0.15) is 30.5 Å². The van der Waals surface area contributed by atoms with Crippen molar-refractivity contribution < 1.29 is 182 Å². The van der Waals surface area contributed by atoms with E-state index in [1.165, 1.54) is 6.92 Å². The van der Waals surface area contributed by atoms with Gasteiger partial charge in [0.05, 0.1) is 148 Å². The maximum absolute atomic E-state index is 13.6. The van der Waals surface area contributed by atoms with Crippen molar-refractivity contribution in [3.63, 3.8) is 0 Å². The Morgan fingerprint density at radius 2 is 0.757 bits per heavy atom. The molecule has 43 heteroatoms. The molecule has 0 spiro atoms. The fourth-order valence-electron chi connectivity index (χ4n) is 11.7. The number of phosphoric ester groups is 4. The second-order valence-electron chi connectivity index (χ2n) is 28.4. The van der Waals surface area contributed by atoms with Gasteiger partial charge in [0.2, 0.25) is 5.91 Å². The molecule has 0 aromatic heterocycles. The molecule has 3 aliphatic rings. The van der Waals surface area contributed by atoms with Crippen molar-refractivity contribution >= 4 is 37.2 Å². The predicted octanol–water partition coefficient (Wildman–Crippen LogP) is 3.06. The molecule has 0 aromatic rings. The summed E-state index contributed by atoms with van der Waals surface area (Å²) in [6.45, 7) is 5.37. The Bertz CT molecular complexity index is 2480. The molecule has 3 fully saturated rings. The third-order valence-corrected chi connectivity index (χ3v) is 22.3. The molecule has 11 unspecified atom stereocenters. The van der Waals surface area contributed by atoms with Gasteiger partial charge in [-0.25, -0.2) is 18.3 Å². The number of unbranched alkanes of at least 4 members (excludes halogenated alkanes) is 9. The molecule has 15 N–H and O–H groups in total. The molecule has 660 valence electrons. The lowest BCUT2D eigenvalue weighted by Gasteiger charge is -2.42. The average molecular weight is 1700 g/mol. The SMILES string of the molecule is CC(=O)NC1[C@@H](O)[C@@H](O)C(CO)C[C@H]1OCCCCCCOP(=O)(O)OCCCOCC(COCCCOP(=O)(O)OCCCCCCO[C@@H]1OC(CO)[C@H](O)[C@H](O)C1C)(COCCCOP(=O)(O)OCCCCCCO[C@@H]1OC(CO)[C@H](O)[C@H](O)C1C)COP(=O)(O)OCCCOCC(CO)COCCCOC(C)C. The Morgan fingerprint density at radius 3 is 1.11 bits per heavy atom. The number of phosphoric acid groups is 4. The van der Waals surface area contributed by atoms with Crippen molar-refractivity contribution in [2.24, 2.45) is 29.1 Å². The highest BCUT2D eigenvalue weighted by molar-refractivity contribution is 7.48. The maximum Gasteiger partial charge on any atom is 0.472 e. The number of nitrogens with one attached hydrogen (secondary N) is 1. The van der Waals surface area contributed by atoms with Crippen molar-refractivity contribution in [3.05, 3.63) is 0 Å². The monoisotopic (exact) mass is 1700 g/mol. The van der Waals surface area contributed by atoms with Crippen molar-refractivity contribution in [1.82, 2.24) is 5.32 Å². The van der Waals surface area contributed by atoms with E-state index < -0.39 is 154 Å². The normalized spacial score (nSPS) is 27.6. The zero-order valence-corrected chi connectivity index (χ0v) is 68.9. The maximum atomic E-state index is 13.6. The minimum atomic E-state index is -4.88. The molecule has 20 atom stereocenters. The van der Waals surface area contributed by atoms with Gasteiger partial charge in [0.25, 0.3) is 0 Å². The Morgan fingerprint density at radius 1 is 0.414 bits per heavy atom. The van der Waals surface area contributed by atoms with Crippen molar-refractivity contribution in [2.75, 3.05) is 172 Å².